The van der Waals surface area contributed by atoms with E-state index in [9.17, 15) is 14.7 Å². The van der Waals surface area contributed by atoms with Crippen molar-refractivity contribution >= 4 is 11.7 Å². The molecule has 1 fully saturated rings. The summed E-state index contributed by atoms with van der Waals surface area (Å²) in [6.07, 6.45) is -0.261. The number of carbonyl (C=O) groups is 2. The van der Waals surface area contributed by atoms with Gasteiger partial charge in [0.2, 0.25) is 5.91 Å². The largest absolute Gasteiger partial charge is 0.493 e. The highest BCUT2D eigenvalue weighted by molar-refractivity contribution is 5.94. The Morgan fingerprint density at radius 3 is 2.34 bits per heavy atom. The Bertz CT molecular complexity index is 920. The van der Waals surface area contributed by atoms with E-state index in [1.807, 2.05) is 36.1 Å². The molecule has 0 radical (unpaired) electrons. The zero-order valence-electron chi connectivity index (χ0n) is 19.0. The van der Waals surface area contributed by atoms with Gasteiger partial charge in [-0.1, -0.05) is 29.8 Å². The van der Waals surface area contributed by atoms with Crippen LogP contribution in [0.1, 0.15) is 28.4 Å². The van der Waals surface area contributed by atoms with Gasteiger partial charge in [0.05, 0.1) is 13.5 Å². The van der Waals surface area contributed by atoms with Crippen LogP contribution in [0.4, 0.5) is 0 Å². The van der Waals surface area contributed by atoms with Crippen LogP contribution in [0.15, 0.2) is 42.5 Å². The minimum absolute atomic E-state index is 0.0497. The van der Waals surface area contributed by atoms with Crippen molar-refractivity contribution in [2.24, 2.45) is 0 Å². The van der Waals surface area contributed by atoms with Crippen molar-refractivity contribution in [3.8, 4) is 11.5 Å². The summed E-state index contributed by atoms with van der Waals surface area (Å²) in [4.78, 5) is 28.1. The number of ether oxygens (including phenoxy) is 2. The molecule has 1 atom stereocenters. The van der Waals surface area contributed by atoms with E-state index >= 15 is 0 Å². The summed E-state index contributed by atoms with van der Waals surface area (Å²) in [7, 11) is 1.52. The van der Waals surface area contributed by atoms with E-state index in [0.717, 1.165) is 5.56 Å². The number of ketones is 1. The fourth-order valence-corrected chi connectivity index (χ4v) is 3.71. The summed E-state index contributed by atoms with van der Waals surface area (Å²) in [6, 6.07) is 13.1. The average molecular weight is 441 g/mol. The lowest BCUT2D eigenvalue weighted by Gasteiger charge is -2.35. The molecule has 1 saturated heterocycles. The van der Waals surface area contributed by atoms with Crippen LogP contribution in [0, 0.1) is 6.92 Å². The van der Waals surface area contributed by atoms with E-state index in [1.165, 1.54) is 19.6 Å². The summed E-state index contributed by atoms with van der Waals surface area (Å²) in [5.74, 6) is 1.04. The molecule has 0 bridgehead atoms. The van der Waals surface area contributed by atoms with Crippen molar-refractivity contribution in [2.75, 3.05) is 46.4 Å². The molecule has 0 aliphatic carbocycles. The topological polar surface area (TPSA) is 79.3 Å². The van der Waals surface area contributed by atoms with E-state index in [2.05, 4.69) is 4.90 Å². The van der Waals surface area contributed by atoms with E-state index in [4.69, 9.17) is 9.47 Å². The van der Waals surface area contributed by atoms with Gasteiger partial charge in [-0.05, 0) is 37.6 Å². The predicted molar refractivity (Wildman–Crippen MR) is 122 cm³/mol. The Kier molecular flexibility index (Phi) is 8.25. The monoisotopic (exact) mass is 440 g/mol. The van der Waals surface area contributed by atoms with Gasteiger partial charge in [0.15, 0.2) is 17.3 Å². The quantitative estimate of drug-likeness (QED) is 0.603. The molecular formula is C25H32N2O5. The van der Waals surface area contributed by atoms with E-state index in [1.54, 1.807) is 18.2 Å². The first-order chi connectivity index (χ1) is 15.4. The van der Waals surface area contributed by atoms with Crippen molar-refractivity contribution in [3.63, 3.8) is 0 Å². The summed E-state index contributed by atoms with van der Waals surface area (Å²) >= 11 is 0. The van der Waals surface area contributed by atoms with Gasteiger partial charge in [-0.2, -0.15) is 0 Å². The SMILES string of the molecule is COc1cc(C(C)=O)ccc1OCC(O)CN1CCN(C(=O)Cc2ccc(C)cc2)CC1. The lowest BCUT2D eigenvalue weighted by atomic mass is 10.1. The van der Waals surface area contributed by atoms with Gasteiger partial charge >= 0.3 is 0 Å². The van der Waals surface area contributed by atoms with Crippen LogP contribution in [0.3, 0.4) is 0 Å². The molecule has 7 nitrogen and oxygen atoms in total. The Hall–Kier alpha value is -2.90. The zero-order chi connectivity index (χ0) is 23.1. The number of hydrogen-bond donors (Lipinski definition) is 1. The summed E-state index contributed by atoms with van der Waals surface area (Å²) < 4.78 is 11.0. The van der Waals surface area contributed by atoms with Crippen LogP contribution in [0.25, 0.3) is 0 Å². The van der Waals surface area contributed by atoms with Crippen LogP contribution in [-0.2, 0) is 11.2 Å². The molecule has 1 N–H and O–H groups in total. The third-order valence-corrected chi connectivity index (χ3v) is 5.67. The van der Waals surface area contributed by atoms with Gasteiger partial charge in [-0.3, -0.25) is 14.5 Å². The molecule has 1 amide bonds. The number of methoxy groups -OCH3 is 1. The normalized spacial score (nSPS) is 15.3. The minimum atomic E-state index is -0.679. The summed E-state index contributed by atoms with van der Waals surface area (Å²) in [6.45, 7) is 6.84. The number of amides is 1. The van der Waals surface area contributed by atoms with Crippen molar-refractivity contribution in [3.05, 3.63) is 59.2 Å². The highest BCUT2D eigenvalue weighted by atomic mass is 16.5. The molecule has 32 heavy (non-hydrogen) atoms. The first-order valence-corrected chi connectivity index (χ1v) is 10.9. The Balaban J connectivity index is 1.42. The number of aryl methyl sites for hydroxylation is 1. The molecule has 0 spiro atoms. The molecule has 0 aromatic heterocycles. The van der Waals surface area contributed by atoms with Gasteiger partial charge in [-0.15, -0.1) is 0 Å². The summed E-state index contributed by atoms with van der Waals surface area (Å²) in [5, 5.41) is 10.4. The smallest absolute Gasteiger partial charge is 0.227 e. The molecule has 172 valence electrons. The highest BCUT2D eigenvalue weighted by Gasteiger charge is 2.23. The van der Waals surface area contributed by atoms with Gasteiger partial charge in [0, 0.05) is 38.3 Å². The first kappa shape index (κ1) is 23.8. The maximum atomic E-state index is 12.6. The standard InChI is InChI=1S/C25H32N2O5/c1-18-4-6-20(7-5-18)14-25(30)27-12-10-26(11-13-27)16-22(29)17-32-23-9-8-21(19(2)28)15-24(23)31-3/h4-9,15,22,29H,10-14,16-17H2,1-3H3. The van der Waals surface area contributed by atoms with Crippen LogP contribution in [-0.4, -0.2) is 79.1 Å². The zero-order valence-corrected chi connectivity index (χ0v) is 19.0. The molecule has 1 unspecified atom stereocenters. The molecule has 1 aliphatic rings. The number of carbonyl (C=O) groups excluding carboxylic acids is 2. The maximum absolute atomic E-state index is 12.6. The van der Waals surface area contributed by atoms with Gasteiger partial charge in [0.1, 0.15) is 12.7 Å². The predicted octanol–water partition coefficient (Wildman–Crippen LogP) is 2.33. The Morgan fingerprint density at radius 1 is 1.03 bits per heavy atom. The van der Waals surface area contributed by atoms with Crippen molar-refractivity contribution in [1.82, 2.24) is 9.80 Å². The highest BCUT2D eigenvalue weighted by Crippen LogP contribution is 2.28. The number of aliphatic hydroxyl groups excluding tert-OH is 1. The van der Waals surface area contributed by atoms with Crippen LogP contribution >= 0.6 is 0 Å². The second-order valence-electron chi connectivity index (χ2n) is 8.23. The fraction of sp³-hybridized carbons (Fsp3) is 0.440. The molecule has 2 aromatic rings. The molecule has 1 heterocycles. The van der Waals surface area contributed by atoms with Crippen molar-refractivity contribution in [2.45, 2.75) is 26.4 Å². The number of piperazine rings is 1. The Labute approximate surface area is 189 Å². The van der Waals surface area contributed by atoms with Crippen molar-refractivity contribution < 1.29 is 24.2 Å². The van der Waals surface area contributed by atoms with E-state index in [0.29, 0.717) is 56.2 Å². The molecule has 3 rings (SSSR count). The van der Waals surface area contributed by atoms with Crippen LogP contribution in [0.2, 0.25) is 0 Å². The number of aliphatic hydroxyl groups is 1. The van der Waals surface area contributed by atoms with Gasteiger partial charge in [0.25, 0.3) is 0 Å². The van der Waals surface area contributed by atoms with E-state index in [-0.39, 0.29) is 18.3 Å². The number of hydrogen-bond acceptors (Lipinski definition) is 6. The number of benzene rings is 2. The number of nitrogens with zero attached hydrogens (tertiary/aromatic N) is 2. The first-order valence-electron chi connectivity index (χ1n) is 10.9. The number of rotatable bonds is 9. The lowest BCUT2D eigenvalue weighted by Crippen LogP contribution is -2.51. The second-order valence-corrected chi connectivity index (χ2v) is 8.23. The lowest BCUT2D eigenvalue weighted by molar-refractivity contribution is -0.132. The van der Waals surface area contributed by atoms with Gasteiger partial charge < -0.3 is 19.5 Å². The third kappa shape index (κ3) is 6.55. The fourth-order valence-electron chi connectivity index (χ4n) is 3.71. The van der Waals surface area contributed by atoms with Crippen molar-refractivity contribution in [1.29, 1.82) is 0 Å². The molecular weight excluding hydrogens is 408 g/mol. The molecule has 2 aromatic carbocycles. The molecule has 7 heteroatoms. The molecule has 1 aliphatic heterocycles. The number of Topliss-reactive ketones (excluding diaryl/α,β-unsaturated/α-hetero) is 1. The van der Waals surface area contributed by atoms with E-state index < -0.39 is 6.10 Å². The maximum Gasteiger partial charge on any atom is 0.227 e. The van der Waals surface area contributed by atoms with Crippen LogP contribution < -0.4 is 9.47 Å². The van der Waals surface area contributed by atoms with Crippen LogP contribution in [0.5, 0.6) is 11.5 Å². The third-order valence-electron chi connectivity index (χ3n) is 5.67. The van der Waals surface area contributed by atoms with Gasteiger partial charge in [-0.25, -0.2) is 0 Å². The second kappa shape index (κ2) is 11.1. The summed E-state index contributed by atoms with van der Waals surface area (Å²) in [5.41, 5.74) is 2.76. The minimum Gasteiger partial charge on any atom is -0.493 e. The average Bonchev–Trinajstić information content (AvgIpc) is 2.79. The Morgan fingerprint density at radius 2 is 1.72 bits per heavy atom. The number of β-amino-alcohol motifs (C(OH)–C–C–N with tert-alkyl or cyclic N) is 1. The molecule has 0 saturated carbocycles.